The minimum atomic E-state index is -1.03. The second-order valence-corrected chi connectivity index (χ2v) is 7.14. The van der Waals surface area contributed by atoms with Crippen LogP contribution in [0.15, 0.2) is 16.6 Å². The van der Waals surface area contributed by atoms with Crippen molar-refractivity contribution in [3.63, 3.8) is 0 Å². The summed E-state index contributed by atoms with van der Waals surface area (Å²) in [6, 6.07) is 5.11. The van der Waals surface area contributed by atoms with Gasteiger partial charge in [0.05, 0.1) is 29.1 Å². The number of halogens is 3. The van der Waals surface area contributed by atoms with E-state index in [1.165, 1.54) is 4.90 Å². The van der Waals surface area contributed by atoms with Gasteiger partial charge in [0, 0.05) is 29.5 Å². The average Bonchev–Trinajstić information content (AvgIpc) is 2.56. The van der Waals surface area contributed by atoms with Crippen LogP contribution in [0.1, 0.15) is 6.42 Å². The highest BCUT2D eigenvalue weighted by molar-refractivity contribution is 9.10. The van der Waals surface area contributed by atoms with E-state index in [4.69, 9.17) is 28.5 Å². The lowest BCUT2D eigenvalue weighted by Crippen LogP contribution is -2.55. The number of aromatic nitrogens is 2. The summed E-state index contributed by atoms with van der Waals surface area (Å²) < 4.78 is 0.701. The highest BCUT2D eigenvalue weighted by Crippen LogP contribution is 2.33. The van der Waals surface area contributed by atoms with E-state index < -0.39 is 12.1 Å². The van der Waals surface area contributed by atoms with Gasteiger partial charge in [-0.3, -0.25) is 0 Å². The van der Waals surface area contributed by atoms with E-state index in [-0.39, 0.29) is 18.2 Å². The molecule has 2 heterocycles. The Morgan fingerprint density at radius 1 is 1.40 bits per heavy atom. The maximum Gasteiger partial charge on any atom is 0.407 e. The monoisotopic (exact) mass is 443 g/mol. The van der Waals surface area contributed by atoms with Crippen LogP contribution in [0.4, 0.5) is 10.6 Å². The van der Waals surface area contributed by atoms with E-state index >= 15 is 0 Å². The Hall–Kier alpha value is -1.82. The fourth-order valence-electron chi connectivity index (χ4n) is 2.90. The molecule has 0 saturated carbocycles. The van der Waals surface area contributed by atoms with Gasteiger partial charge in [0.2, 0.25) is 5.28 Å². The van der Waals surface area contributed by atoms with E-state index in [1.807, 2.05) is 17.0 Å². The van der Waals surface area contributed by atoms with Gasteiger partial charge in [-0.25, -0.2) is 9.78 Å². The largest absolute Gasteiger partial charge is 0.465 e. The van der Waals surface area contributed by atoms with Gasteiger partial charge >= 0.3 is 6.09 Å². The molecule has 1 N–H and O–H groups in total. The van der Waals surface area contributed by atoms with Gasteiger partial charge in [0.15, 0.2) is 0 Å². The molecule has 1 atom stereocenters. The lowest BCUT2D eigenvalue weighted by molar-refractivity contribution is 0.119. The fourth-order valence-corrected chi connectivity index (χ4v) is 3.57. The second kappa shape index (κ2) is 7.20. The van der Waals surface area contributed by atoms with E-state index in [9.17, 15) is 9.90 Å². The molecule has 1 saturated heterocycles. The van der Waals surface area contributed by atoms with Crippen LogP contribution in [-0.4, -0.2) is 51.7 Å². The first-order valence-electron chi connectivity index (χ1n) is 7.34. The SMILES string of the molecule is N#CC[C@H]1CN(c2nc(Cl)nc3cc(Cl)c(Br)cc23)CCN1C(=O)O. The zero-order valence-corrected chi connectivity index (χ0v) is 15.9. The van der Waals surface area contributed by atoms with Crippen molar-refractivity contribution in [2.75, 3.05) is 24.5 Å². The van der Waals surface area contributed by atoms with Gasteiger partial charge in [0.1, 0.15) is 5.82 Å². The molecule has 0 radical (unpaired) electrons. The van der Waals surface area contributed by atoms with Crippen molar-refractivity contribution < 1.29 is 9.90 Å². The van der Waals surface area contributed by atoms with Gasteiger partial charge < -0.3 is 14.9 Å². The molecular weight excluding hydrogens is 433 g/mol. The number of rotatable bonds is 2. The van der Waals surface area contributed by atoms with Crippen molar-refractivity contribution in [1.29, 1.82) is 5.26 Å². The maximum atomic E-state index is 11.4. The van der Waals surface area contributed by atoms with Crippen LogP contribution in [0.3, 0.4) is 0 Å². The Balaban J connectivity index is 2.03. The van der Waals surface area contributed by atoms with Gasteiger partial charge in [-0.2, -0.15) is 10.2 Å². The van der Waals surface area contributed by atoms with Crippen LogP contribution in [0, 0.1) is 11.3 Å². The van der Waals surface area contributed by atoms with Crippen molar-refractivity contribution in [3.8, 4) is 6.07 Å². The number of fused-ring (bicyclic) bond motifs is 1. The predicted molar refractivity (Wildman–Crippen MR) is 98.2 cm³/mol. The Bertz CT molecular complexity index is 888. The Morgan fingerprint density at radius 3 is 2.84 bits per heavy atom. The summed E-state index contributed by atoms with van der Waals surface area (Å²) >= 11 is 15.6. The van der Waals surface area contributed by atoms with Gasteiger partial charge in [-0.05, 0) is 39.7 Å². The van der Waals surface area contributed by atoms with Gasteiger partial charge in [0.25, 0.3) is 0 Å². The molecule has 0 bridgehead atoms. The molecule has 1 amide bonds. The summed E-state index contributed by atoms with van der Waals surface area (Å²) in [6.07, 6.45) is -0.922. The third-order valence-electron chi connectivity index (χ3n) is 4.05. The number of nitrogens with zero attached hydrogens (tertiary/aromatic N) is 5. The first kappa shape index (κ1) is 18.0. The normalized spacial score (nSPS) is 17.6. The summed E-state index contributed by atoms with van der Waals surface area (Å²) in [5.41, 5.74) is 0.598. The Labute approximate surface area is 161 Å². The molecular formula is C15H12BrCl2N5O2. The van der Waals surface area contributed by atoms with Crippen LogP contribution in [0.5, 0.6) is 0 Å². The minimum Gasteiger partial charge on any atom is -0.465 e. The summed E-state index contributed by atoms with van der Waals surface area (Å²) in [4.78, 5) is 23.1. The molecule has 1 aromatic heterocycles. The molecule has 2 aromatic rings. The number of benzene rings is 1. The molecule has 0 unspecified atom stereocenters. The molecule has 1 aliphatic rings. The Morgan fingerprint density at radius 2 is 2.16 bits per heavy atom. The van der Waals surface area contributed by atoms with Crippen molar-refractivity contribution in [2.24, 2.45) is 0 Å². The fraction of sp³-hybridized carbons (Fsp3) is 0.333. The molecule has 25 heavy (non-hydrogen) atoms. The van der Waals surface area contributed by atoms with Crippen molar-refractivity contribution in [2.45, 2.75) is 12.5 Å². The van der Waals surface area contributed by atoms with Crippen LogP contribution >= 0.6 is 39.1 Å². The number of anilines is 1. The standard InChI is InChI=1S/C15H12BrCl2N5O2/c16-10-5-9-12(6-11(10)17)20-14(18)21-13(9)22-3-4-23(15(24)25)8(7-22)1-2-19/h5-6,8H,1,3-4,7H2,(H,24,25)/t8-/m0/s1. The quantitative estimate of drug-likeness (QED) is 0.708. The molecule has 3 rings (SSSR count). The van der Waals surface area contributed by atoms with E-state index in [0.717, 1.165) is 5.39 Å². The smallest absolute Gasteiger partial charge is 0.407 e. The molecule has 10 heteroatoms. The summed E-state index contributed by atoms with van der Waals surface area (Å²) in [5, 5.41) is 19.6. The molecule has 1 fully saturated rings. The predicted octanol–water partition coefficient (Wildman–Crippen LogP) is 3.78. The summed E-state index contributed by atoms with van der Waals surface area (Å²) in [5.74, 6) is 0.598. The number of hydrogen-bond donors (Lipinski definition) is 1. The van der Waals surface area contributed by atoms with Crippen molar-refractivity contribution in [1.82, 2.24) is 14.9 Å². The zero-order valence-electron chi connectivity index (χ0n) is 12.8. The zero-order chi connectivity index (χ0) is 18.1. The highest BCUT2D eigenvalue weighted by atomic mass is 79.9. The minimum absolute atomic E-state index is 0.0818. The number of piperazine rings is 1. The molecule has 1 aromatic carbocycles. The van der Waals surface area contributed by atoms with E-state index in [0.29, 0.717) is 33.9 Å². The first-order valence-corrected chi connectivity index (χ1v) is 8.89. The first-order chi connectivity index (χ1) is 11.9. The third-order valence-corrected chi connectivity index (χ3v) is 5.41. The molecule has 130 valence electrons. The third kappa shape index (κ3) is 3.59. The number of carbonyl (C=O) groups is 1. The second-order valence-electron chi connectivity index (χ2n) is 5.54. The maximum absolute atomic E-state index is 11.4. The average molecular weight is 445 g/mol. The van der Waals surface area contributed by atoms with Crippen molar-refractivity contribution >= 4 is 61.9 Å². The van der Waals surface area contributed by atoms with Crippen molar-refractivity contribution in [3.05, 3.63) is 26.9 Å². The van der Waals surface area contributed by atoms with Crippen LogP contribution in [0.2, 0.25) is 10.3 Å². The highest BCUT2D eigenvalue weighted by Gasteiger charge is 2.31. The molecule has 1 aliphatic heterocycles. The lowest BCUT2D eigenvalue weighted by atomic mass is 10.1. The number of nitriles is 1. The van der Waals surface area contributed by atoms with Crippen LogP contribution in [-0.2, 0) is 0 Å². The van der Waals surface area contributed by atoms with Crippen LogP contribution in [0.25, 0.3) is 10.9 Å². The number of amides is 1. The molecule has 0 aliphatic carbocycles. The number of hydrogen-bond acceptors (Lipinski definition) is 5. The van der Waals surface area contributed by atoms with E-state index in [2.05, 4.69) is 25.9 Å². The summed E-state index contributed by atoms with van der Waals surface area (Å²) in [6.45, 7) is 1.07. The molecule has 7 nitrogen and oxygen atoms in total. The topological polar surface area (TPSA) is 93.4 Å². The number of carboxylic acid groups (broad SMARTS) is 1. The van der Waals surface area contributed by atoms with E-state index in [1.54, 1.807) is 6.07 Å². The Kier molecular flexibility index (Phi) is 5.18. The van der Waals surface area contributed by atoms with Gasteiger partial charge in [-0.1, -0.05) is 11.6 Å². The molecule has 0 spiro atoms. The van der Waals surface area contributed by atoms with Gasteiger partial charge in [-0.15, -0.1) is 0 Å². The summed E-state index contributed by atoms with van der Waals surface area (Å²) in [7, 11) is 0. The van der Waals surface area contributed by atoms with Crippen LogP contribution < -0.4 is 4.90 Å². The lowest BCUT2D eigenvalue weighted by Gasteiger charge is -2.39.